The third-order valence-electron chi connectivity index (χ3n) is 8.22. The molecule has 3 aliphatic rings. The van der Waals surface area contributed by atoms with Gasteiger partial charge < -0.3 is 29.9 Å². The molecule has 1 aromatic carbocycles. The Hall–Kier alpha value is -3.93. The number of nitrogens with zero attached hydrogens (tertiary/aromatic N) is 4. The Bertz CT molecular complexity index is 1340. The van der Waals surface area contributed by atoms with E-state index in [0.717, 1.165) is 35.4 Å². The lowest BCUT2D eigenvalue weighted by molar-refractivity contribution is -0.137. The number of nitrogens with one attached hydrogen (secondary N) is 2. The Morgan fingerprint density at radius 2 is 1.98 bits per heavy atom. The fraction of sp³-hybridized carbons (Fsp3) is 0.567. The minimum absolute atomic E-state index is 0.0776. The second-order valence-electron chi connectivity index (χ2n) is 11.1. The second-order valence-corrected chi connectivity index (χ2v) is 11.1. The van der Waals surface area contributed by atoms with Crippen molar-refractivity contribution in [2.45, 2.75) is 51.0 Å². The van der Waals surface area contributed by atoms with E-state index >= 15 is 0 Å². The number of hydrogen-bond acceptors (Lipinski definition) is 7. The van der Waals surface area contributed by atoms with Gasteiger partial charge in [0.1, 0.15) is 5.75 Å². The van der Waals surface area contributed by atoms with Gasteiger partial charge in [0.15, 0.2) is 5.69 Å². The molecule has 226 valence electrons. The van der Waals surface area contributed by atoms with Gasteiger partial charge in [0, 0.05) is 76.0 Å². The molecule has 3 heterocycles. The number of rotatable bonds is 4. The number of aromatic nitrogens is 2. The molecule has 0 spiro atoms. The van der Waals surface area contributed by atoms with Crippen molar-refractivity contribution in [2.24, 2.45) is 7.05 Å². The first-order chi connectivity index (χ1) is 20.3. The molecule has 0 fully saturated rings. The molecule has 1 aliphatic carbocycles. The minimum atomic E-state index is -0.257. The molecular formula is C30H40N6O6. The third kappa shape index (κ3) is 6.75. The molecule has 12 nitrogen and oxygen atoms in total. The largest absolute Gasteiger partial charge is 0.493 e. The number of aryl methyl sites for hydroxylation is 1. The smallest absolute Gasteiger partial charge is 0.272 e. The van der Waals surface area contributed by atoms with Crippen LogP contribution in [0.25, 0.3) is 0 Å². The molecule has 2 N–H and O–H groups in total. The Morgan fingerprint density at radius 3 is 2.81 bits per heavy atom. The van der Waals surface area contributed by atoms with Gasteiger partial charge in [0.25, 0.3) is 11.8 Å². The second kappa shape index (κ2) is 13.4. The van der Waals surface area contributed by atoms with Crippen LogP contribution in [-0.4, -0.2) is 102 Å². The Labute approximate surface area is 245 Å². The lowest BCUT2D eigenvalue weighted by atomic mass is 9.91. The van der Waals surface area contributed by atoms with Crippen LogP contribution in [0.4, 0.5) is 0 Å². The van der Waals surface area contributed by atoms with Crippen molar-refractivity contribution < 1.29 is 28.7 Å². The van der Waals surface area contributed by atoms with Crippen molar-refractivity contribution in [1.29, 1.82) is 0 Å². The lowest BCUT2D eigenvalue weighted by Gasteiger charge is -2.27. The summed E-state index contributed by atoms with van der Waals surface area (Å²) in [5, 5.41) is 10.5. The first-order valence-electron chi connectivity index (χ1n) is 14.8. The van der Waals surface area contributed by atoms with E-state index in [9.17, 15) is 19.2 Å². The summed E-state index contributed by atoms with van der Waals surface area (Å²) in [6.45, 7) is 2.29. The number of fused-ring (bicyclic) bond motifs is 2. The standard InChI is InChI=1S/C30H40N6O6/c1-34-24-8-7-22-18-23(24)28(33-34)29(39)31-11-4-13-35(30(40)21-6-9-25-20(17-21)10-15-42-25)12-3-5-27(38)36(14-16-41-2)19-26(37)32-22/h6,9,17,22H,3-5,7-8,10-16,18-19H2,1-2H3,(H,31,39)(H,32,37). The topological polar surface area (TPSA) is 135 Å². The molecule has 1 unspecified atom stereocenters. The van der Waals surface area contributed by atoms with E-state index < -0.39 is 0 Å². The summed E-state index contributed by atoms with van der Waals surface area (Å²) in [7, 11) is 3.39. The monoisotopic (exact) mass is 580 g/mol. The SMILES string of the molecule is COCCN1CC(=O)NC2CCc3c(c(nn3C)C(=O)NCCCN(C(=O)c3ccc4c(c3)CCO4)CCCC1=O)C2. The molecule has 5 rings (SSSR count). The fourth-order valence-corrected chi connectivity index (χ4v) is 5.99. The zero-order valence-corrected chi connectivity index (χ0v) is 24.4. The maximum Gasteiger partial charge on any atom is 0.272 e. The Balaban J connectivity index is 1.35. The van der Waals surface area contributed by atoms with E-state index in [1.165, 1.54) is 4.90 Å². The van der Waals surface area contributed by atoms with Gasteiger partial charge in [-0.25, -0.2) is 0 Å². The van der Waals surface area contributed by atoms with Crippen molar-refractivity contribution in [1.82, 2.24) is 30.2 Å². The summed E-state index contributed by atoms with van der Waals surface area (Å²) in [5.41, 5.74) is 3.80. The first-order valence-corrected chi connectivity index (χ1v) is 14.8. The van der Waals surface area contributed by atoms with Crippen molar-refractivity contribution in [2.75, 3.05) is 53.0 Å². The summed E-state index contributed by atoms with van der Waals surface area (Å²) < 4.78 is 12.5. The van der Waals surface area contributed by atoms with Gasteiger partial charge in [-0.05, 0) is 55.9 Å². The molecule has 1 aromatic heterocycles. The van der Waals surface area contributed by atoms with Crippen LogP contribution < -0.4 is 15.4 Å². The van der Waals surface area contributed by atoms with Gasteiger partial charge in [0.05, 0.1) is 19.8 Å². The van der Waals surface area contributed by atoms with Crippen molar-refractivity contribution in [3.63, 3.8) is 0 Å². The van der Waals surface area contributed by atoms with E-state index in [2.05, 4.69) is 15.7 Å². The number of carbonyl (C=O) groups excluding carboxylic acids is 4. The molecular weight excluding hydrogens is 540 g/mol. The molecule has 2 aromatic rings. The van der Waals surface area contributed by atoms with Crippen LogP contribution in [0.1, 0.15) is 63.4 Å². The predicted octanol–water partition coefficient (Wildman–Crippen LogP) is 0.860. The highest BCUT2D eigenvalue weighted by Gasteiger charge is 2.30. The average molecular weight is 581 g/mol. The van der Waals surface area contributed by atoms with Gasteiger partial charge in [-0.2, -0.15) is 5.10 Å². The summed E-state index contributed by atoms with van der Waals surface area (Å²) in [4.78, 5) is 56.2. The van der Waals surface area contributed by atoms with E-state index in [0.29, 0.717) is 76.3 Å². The highest BCUT2D eigenvalue weighted by atomic mass is 16.5. The van der Waals surface area contributed by atoms with E-state index in [1.807, 2.05) is 19.2 Å². The van der Waals surface area contributed by atoms with Crippen LogP contribution in [-0.2, 0) is 40.6 Å². The molecule has 0 radical (unpaired) electrons. The van der Waals surface area contributed by atoms with Gasteiger partial charge >= 0.3 is 0 Å². The van der Waals surface area contributed by atoms with E-state index in [4.69, 9.17) is 9.47 Å². The number of carbonyl (C=O) groups is 4. The lowest BCUT2D eigenvalue weighted by Crippen LogP contribution is -2.47. The highest BCUT2D eigenvalue weighted by Crippen LogP contribution is 2.27. The van der Waals surface area contributed by atoms with Crippen LogP contribution in [0.5, 0.6) is 5.75 Å². The van der Waals surface area contributed by atoms with Crippen LogP contribution in [0.3, 0.4) is 0 Å². The molecule has 1 atom stereocenters. The number of ether oxygens (including phenoxy) is 2. The maximum atomic E-state index is 13.6. The van der Waals surface area contributed by atoms with Gasteiger partial charge in [-0.3, -0.25) is 23.9 Å². The Kier molecular flexibility index (Phi) is 9.41. The summed E-state index contributed by atoms with van der Waals surface area (Å²) >= 11 is 0. The van der Waals surface area contributed by atoms with Gasteiger partial charge in [-0.15, -0.1) is 0 Å². The minimum Gasteiger partial charge on any atom is -0.493 e. The van der Waals surface area contributed by atoms with Crippen molar-refractivity contribution in [3.05, 3.63) is 46.3 Å². The molecule has 0 saturated carbocycles. The van der Waals surface area contributed by atoms with Crippen molar-refractivity contribution in [3.8, 4) is 5.75 Å². The third-order valence-corrected chi connectivity index (χ3v) is 8.22. The summed E-state index contributed by atoms with van der Waals surface area (Å²) in [6.07, 6.45) is 3.87. The number of benzene rings is 1. The fourth-order valence-electron chi connectivity index (χ4n) is 5.99. The van der Waals surface area contributed by atoms with Gasteiger partial charge in [-0.1, -0.05) is 0 Å². The molecule has 42 heavy (non-hydrogen) atoms. The first kappa shape index (κ1) is 29.6. The Morgan fingerprint density at radius 1 is 1.14 bits per heavy atom. The number of hydrogen-bond donors (Lipinski definition) is 2. The van der Waals surface area contributed by atoms with E-state index in [1.54, 1.807) is 22.8 Å². The summed E-state index contributed by atoms with van der Waals surface area (Å²) in [5.74, 6) is 0.0216. The zero-order valence-electron chi connectivity index (χ0n) is 24.4. The predicted molar refractivity (Wildman–Crippen MR) is 153 cm³/mol. The average Bonchev–Trinajstić information content (AvgIpc) is 3.59. The highest BCUT2D eigenvalue weighted by molar-refractivity contribution is 5.95. The van der Waals surface area contributed by atoms with Crippen LogP contribution in [0, 0.1) is 0 Å². The maximum absolute atomic E-state index is 13.6. The normalized spacial score (nSPS) is 20.2. The number of methoxy groups -OCH3 is 1. The van der Waals surface area contributed by atoms with Crippen LogP contribution in [0.2, 0.25) is 0 Å². The summed E-state index contributed by atoms with van der Waals surface area (Å²) in [6, 6.07) is 5.33. The van der Waals surface area contributed by atoms with Crippen LogP contribution >= 0.6 is 0 Å². The molecule has 2 bridgehead atoms. The number of amides is 4. The van der Waals surface area contributed by atoms with Crippen molar-refractivity contribution >= 4 is 23.6 Å². The molecule has 12 heteroatoms. The van der Waals surface area contributed by atoms with Gasteiger partial charge in [0.2, 0.25) is 11.8 Å². The molecule has 4 amide bonds. The zero-order chi connectivity index (χ0) is 29.6. The molecule has 0 saturated heterocycles. The van der Waals surface area contributed by atoms with E-state index in [-0.39, 0.29) is 42.6 Å². The quantitative estimate of drug-likeness (QED) is 0.548. The van der Waals surface area contributed by atoms with Crippen LogP contribution in [0.15, 0.2) is 18.2 Å². The molecule has 2 aliphatic heterocycles.